The number of hydrogen-bond donors (Lipinski definition) is 1. The minimum Gasteiger partial charge on any atom is -0.353 e. The molecule has 1 aromatic rings. The summed E-state index contributed by atoms with van der Waals surface area (Å²) >= 11 is 6.29. The molecule has 0 fully saturated rings. The number of nitrogens with one attached hydrogen (secondary N) is 1. The number of nitrogens with zero attached hydrogens (tertiary/aromatic N) is 2. The van der Waals surface area contributed by atoms with Gasteiger partial charge < -0.3 is 10.2 Å². The molecule has 4 heteroatoms. The predicted octanol–water partition coefficient (Wildman–Crippen LogP) is 3.08. The van der Waals surface area contributed by atoms with Gasteiger partial charge in [-0.25, -0.2) is 4.98 Å². The fourth-order valence-corrected chi connectivity index (χ4v) is 1.86. The smallest absolute Gasteiger partial charge is 0.147 e. The Morgan fingerprint density at radius 3 is 2.59 bits per heavy atom. The van der Waals surface area contributed by atoms with Crippen molar-refractivity contribution in [3.63, 3.8) is 0 Å². The van der Waals surface area contributed by atoms with Gasteiger partial charge in [-0.3, -0.25) is 0 Å². The van der Waals surface area contributed by atoms with Crippen molar-refractivity contribution in [1.29, 1.82) is 0 Å². The van der Waals surface area contributed by atoms with E-state index in [0.29, 0.717) is 5.02 Å². The molecule has 0 saturated heterocycles. The number of halogens is 1. The largest absolute Gasteiger partial charge is 0.353 e. The number of aromatic nitrogens is 1. The molecule has 0 radical (unpaired) electrons. The summed E-state index contributed by atoms with van der Waals surface area (Å²) in [5.41, 5.74) is 1.16. The molecular weight excluding hydrogens is 234 g/mol. The van der Waals surface area contributed by atoms with Gasteiger partial charge in [0, 0.05) is 25.3 Å². The lowest BCUT2D eigenvalue weighted by Crippen LogP contribution is -2.41. The number of anilines is 1. The Balaban J connectivity index is 2.99. The van der Waals surface area contributed by atoms with E-state index in [0.717, 1.165) is 24.3 Å². The van der Waals surface area contributed by atoms with Crippen LogP contribution in [0.1, 0.15) is 32.8 Å². The van der Waals surface area contributed by atoms with E-state index in [2.05, 4.69) is 36.0 Å². The topological polar surface area (TPSA) is 28.2 Å². The summed E-state index contributed by atoms with van der Waals surface area (Å²) in [5.74, 6) is 0.846. The maximum absolute atomic E-state index is 6.29. The van der Waals surface area contributed by atoms with Crippen molar-refractivity contribution in [2.75, 3.05) is 19.0 Å². The minimum atomic E-state index is 0.0567. The van der Waals surface area contributed by atoms with Crippen molar-refractivity contribution in [2.45, 2.75) is 39.3 Å². The first-order chi connectivity index (χ1) is 7.92. The second kappa shape index (κ2) is 5.69. The summed E-state index contributed by atoms with van der Waals surface area (Å²) in [6.07, 6.45) is 2.92. The Kier molecular flexibility index (Phi) is 4.78. The molecule has 0 aliphatic carbocycles. The number of rotatable bonds is 5. The Hall–Kier alpha value is -0.800. The van der Waals surface area contributed by atoms with E-state index >= 15 is 0 Å². The molecule has 0 spiro atoms. The highest BCUT2D eigenvalue weighted by atomic mass is 35.5. The van der Waals surface area contributed by atoms with E-state index in [1.807, 2.05) is 26.4 Å². The maximum atomic E-state index is 6.29. The van der Waals surface area contributed by atoms with Crippen molar-refractivity contribution in [2.24, 2.45) is 0 Å². The maximum Gasteiger partial charge on any atom is 0.147 e. The van der Waals surface area contributed by atoms with E-state index in [1.165, 1.54) is 0 Å². The summed E-state index contributed by atoms with van der Waals surface area (Å²) < 4.78 is 0. The summed E-state index contributed by atoms with van der Waals surface area (Å²) in [4.78, 5) is 6.60. The monoisotopic (exact) mass is 255 g/mol. The van der Waals surface area contributed by atoms with Crippen molar-refractivity contribution < 1.29 is 0 Å². The summed E-state index contributed by atoms with van der Waals surface area (Å²) in [6, 6.07) is 1.97. The van der Waals surface area contributed by atoms with Gasteiger partial charge >= 0.3 is 0 Å². The van der Waals surface area contributed by atoms with Gasteiger partial charge in [-0.15, -0.1) is 0 Å². The molecule has 0 aromatic carbocycles. The van der Waals surface area contributed by atoms with E-state index in [-0.39, 0.29) is 5.54 Å². The minimum absolute atomic E-state index is 0.0567. The van der Waals surface area contributed by atoms with Gasteiger partial charge in [0.1, 0.15) is 5.82 Å². The van der Waals surface area contributed by atoms with Crippen LogP contribution in [0.15, 0.2) is 12.3 Å². The van der Waals surface area contributed by atoms with Crippen LogP contribution in [0.5, 0.6) is 0 Å². The molecule has 0 saturated carbocycles. The van der Waals surface area contributed by atoms with Crippen LogP contribution >= 0.6 is 11.6 Å². The van der Waals surface area contributed by atoms with Crippen LogP contribution in [0.4, 0.5) is 5.82 Å². The third-order valence-corrected chi connectivity index (χ3v) is 3.63. The molecule has 17 heavy (non-hydrogen) atoms. The molecule has 96 valence electrons. The number of pyridine rings is 1. The van der Waals surface area contributed by atoms with Gasteiger partial charge in [0.25, 0.3) is 0 Å². The van der Waals surface area contributed by atoms with Crippen molar-refractivity contribution in [3.05, 3.63) is 22.8 Å². The highest BCUT2D eigenvalue weighted by Gasteiger charge is 2.24. The van der Waals surface area contributed by atoms with Gasteiger partial charge in [-0.2, -0.15) is 0 Å². The van der Waals surface area contributed by atoms with Crippen molar-refractivity contribution in [3.8, 4) is 0 Å². The van der Waals surface area contributed by atoms with Gasteiger partial charge in [-0.1, -0.05) is 18.5 Å². The zero-order valence-corrected chi connectivity index (χ0v) is 12.1. The number of hydrogen-bond acceptors (Lipinski definition) is 3. The van der Waals surface area contributed by atoms with Gasteiger partial charge in [0.2, 0.25) is 0 Å². The van der Waals surface area contributed by atoms with E-state index in [4.69, 9.17) is 11.6 Å². The van der Waals surface area contributed by atoms with E-state index < -0.39 is 0 Å². The second-order valence-electron chi connectivity index (χ2n) is 4.90. The first-order valence-electron chi connectivity index (χ1n) is 5.95. The normalized spacial score (nSPS) is 11.6. The highest BCUT2D eigenvalue weighted by molar-refractivity contribution is 6.33. The predicted molar refractivity (Wildman–Crippen MR) is 74.8 cm³/mol. The summed E-state index contributed by atoms with van der Waals surface area (Å²) in [6.45, 7) is 7.33. The van der Waals surface area contributed by atoms with Crippen LogP contribution in [0.3, 0.4) is 0 Å². The van der Waals surface area contributed by atoms with Crippen LogP contribution < -0.4 is 10.2 Å². The third-order valence-electron chi connectivity index (χ3n) is 3.35. The fourth-order valence-electron chi connectivity index (χ4n) is 1.54. The van der Waals surface area contributed by atoms with E-state index in [9.17, 15) is 0 Å². The first-order valence-corrected chi connectivity index (χ1v) is 6.33. The molecule has 3 nitrogen and oxygen atoms in total. The van der Waals surface area contributed by atoms with Crippen LogP contribution in [-0.2, 0) is 6.54 Å². The summed E-state index contributed by atoms with van der Waals surface area (Å²) in [7, 11) is 3.95. The Labute approximate surface area is 109 Å². The van der Waals surface area contributed by atoms with Gasteiger partial charge in [-0.05, 0) is 38.9 Å². The molecule has 0 atom stereocenters. The average molecular weight is 256 g/mol. The van der Waals surface area contributed by atoms with E-state index in [1.54, 1.807) is 0 Å². The first kappa shape index (κ1) is 14.3. The van der Waals surface area contributed by atoms with Crippen molar-refractivity contribution in [1.82, 2.24) is 10.3 Å². The standard InChI is InChI=1S/C13H22ClN3/c1-6-13(2,3)17(5)12-11(14)7-10(8-15-4)9-16-12/h7,9,15H,6,8H2,1-5H3. The molecule has 0 bridgehead atoms. The van der Waals surface area contributed by atoms with Crippen LogP contribution in [0.25, 0.3) is 0 Å². The molecule has 1 heterocycles. The second-order valence-corrected chi connectivity index (χ2v) is 5.31. The zero-order valence-electron chi connectivity index (χ0n) is 11.3. The molecule has 0 aliphatic heterocycles. The molecule has 1 N–H and O–H groups in total. The Morgan fingerprint density at radius 1 is 1.47 bits per heavy atom. The zero-order chi connectivity index (χ0) is 13.1. The molecule has 1 aromatic heterocycles. The third kappa shape index (κ3) is 3.33. The van der Waals surface area contributed by atoms with Crippen LogP contribution in [-0.4, -0.2) is 24.6 Å². The average Bonchev–Trinajstić information content (AvgIpc) is 2.29. The summed E-state index contributed by atoms with van der Waals surface area (Å²) in [5, 5.41) is 3.80. The molecule has 1 rings (SSSR count). The fraction of sp³-hybridized carbons (Fsp3) is 0.615. The van der Waals surface area contributed by atoms with Gasteiger partial charge in [0.15, 0.2) is 0 Å². The van der Waals surface area contributed by atoms with Gasteiger partial charge in [0.05, 0.1) is 5.02 Å². The molecule has 0 amide bonds. The quantitative estimate of drug-likeness (QED) is 0.877. The SMILES string of the molecule is CCC(C)(C)N(C)c1ncc(CNC)cc1Cl. The molecular formula is C13H22ClN3. The lowest BCUT2D eigenvalue weighted by atomic mass is 10.00. The molecule has 0 aliphatic rings. The van der Waals surface area contributed by atoms with Crippen LogP contribution in [0.2, 0.25) is 5.02 Å². The van der Waals surface area contributed by atoms with Crippen molar-refractivity contribution >= 4 is 17.4 Å². The Morgan fingerprint density at radius 2 is 2.12 bits per heavy atom. The molecule has 0 unspecified atom stereocenters. The lowest BCUT2D eigenvalue weighted by Gasteiger charge is -2.36. The Bertz CT molecular complexity index is 377. The highest BCUT2D eigenvalue weighted by Crippen LogP contribution is 2.29. The van der Waals surface area contributed by atoms with Crippen LogP contribution in [0, 0.1) is 0 Å². The lowest BCUT2D eigenvalue weighted by molar-refractivity contribution is 0.467.